The van der Waals surface area contributed by atoms with Crippen LogP contribution in [0.2, 0.25) is 0 Å². The van der Waals surface area contributed by atoms with Crippen molar-refractivity contribution < 1.29 is 22.4 Å². The van der Waals surface area contributed by atoms with Crippen LogP contribution in [0.15, 0.2) is 28.9 Å². The van der Waals surface area contributed by atoms with Crippen molar-refractivity contribution in [3.63, 3.8) is 0 Å². The maximum absolute atomic E-state index is 13.3. The van der Waals surface area contributed by atoms with Gasteiger partial charge in [-0.2, -0.15) is 0 Å². The first-order valence-corrected chi connectivity index (χ1v) is 13.8. The van der Waals surface area contributed by atoms with Crippen molar-refractivity contribution in [3.8, 4) is 0 Å². The largest absolute Gasteiger partial charge is 0.465 e. The van der Waals surface area contributed by atoms with E-state index in [2.05, 4.69) is 31.4 Å². The Kier molecular flexibility index (Phi) is 6.55. The van der Waals surface area contributed by atoms with Gasteiger partial charge in [-0.1, -0.05) is 20.8 Å². The van der Waals surface area contributed by atoms with Gasteiger partial charge < -0.3 is 15.1 Å². The van der Waals surface area contributed by atoms with Gasteiger partial charge in [0.25, 0.3) is 5.91 Å². The number of nitrogens with one attached hydrogen (secondary N) is 2. The van der Waals surface area contributed by atoms with E-state index in [0.29, 0.717) is 28.7 Å². The second-order valence-corrected chi connectivity index (χ2v) is 13.3. The number of hydrogen-bond acceptors (Lipinski definition) is 6. The first-order valence-electron chi connectivity index (χ1n) is 11.2. The Labute approximate surface area is 198 Å². The topological polar surface area (TPSA) is 105 Å². The number of thiophene rings is 1. The molecule has 2 aliphatic rings. The van der Waals surface area contributed by atoms with Crippen LogP contribution in [-0.2, 0) is 27.5 Å². The third kappa shape index (κ3) is 5.58. The number of fused-ring (bicyclic) bond motifs is 1. The van der Waals surface area contributed by atoms with E-state index >= 15 is 0 Å². The van der Waals surface area contributed by atoms with E-state index in [1.54, 1.807) is 18.2 Å². The van der Waals surface area contributed by atoms with Crippen LogP contribution in [-0.4, -0.2) is 37.8 Å². The van der Waals surface area contributed by atoms with Crippen LogP contribution in [0.4, 0.5) is 5.00 Å². The van der Waals surface area contributed by atoms with E-state index in [4.69, 9.17) is 4.42 Å². The molecule has 0 radical (unpaired) electrons. The molecule has 1 aliphatic carbocycles. The van der Waals surface area contributed by atoms with E-state index in [-0.39, 0.29) is 28.7 Å². The lowest BCUT2D eigenvalue weighted by atomic mass is 9.72. The summed E-state index contributed by atoms with van der Waals surface area (Å²) in [6.07, 6.45) is 7.49. The van der Waals surface area contributed by atoms with E-state index in [0.717, 1.165) is 29.7 Å². The average Bonchev–Trinajstić information content (AvgIpc) is 3.43. The second-order valence-electron chi connectivity index (χ2n) is 9.93. The fourth-order valence-electron chi connectivity index (χ4n) is 4.52. The molecule has 4 rings (SSSR count). The number of amides is 2. The molecule has 2 aromatic rings. The molecule has 2 unspecified atom stereocenters. The molecule has 1 saturated heterocycles. The molecule has 3 heterocycles. The zero-order chi connectivity index (χ0) is 23.8. The molecule has 1 aliphatic heterocycles. The van der Waals surface area contributed by atoms with Crippen LogP contribution in [0.5, 0.6) is 0 Å². The summed E-state index contributed by atoms with van der Waals surface area (Å²) in [6.45, 7) is 6.69. The monoisotopic (exact) mass is 490 g/mol. The summed E-state index contributed by atoms with van der Waals surface area (Å²) in [5, 5.41) is 6.29. The Bertz CT molecular complexity index is 1170. The van der Waals surface area contributed by atoms with Crippen molar-refractivity contribution >= 4 is 44.1 Å². The van der Waals surface area contributed by atoms with Crippen LogP contribution in [0.3, 0.4) is 0 Å². The summed E-state index contributed by atoms with van der Waals surface area (Å²) < 4.78 is 28.9. The van der Waals surface area contributed by atoms with Gasteiger partial charge >= 0.3 is 0 Å². The number of sulfone groups is 1. The Morgan fingerprint density at radius 3 is 2.67 bits per heavy atom. The van der Waals surface area contributed by atoms with Crippen LogP contribution in [0.25, 0.3) is 6.08 Å². The molecule has 1 fully saturated rings. The smallest absolute Gasteiger partial charge is 0.254 e. The molecule has 9 heteroatoms. The molecular formula is C24H30N2O5S2. The summed E-state index contributed by atoms with van der Waals surface area (Å²) >= 11 is 1.45. The Morgan fingerprint density at radius 2 is 2.03 bits per heavy atom. The molecule has 2 amide bonds. The van der Waals surface area contributed by atoms with Crippen LogP contribution in [0.1, 0.15) is 60.2 Å². The number of anilines is 1. The lowest BCUT2D eigenvalue weighted by molar-refractivity contribution is -0.111. The number of carbonyl (C=O) groups excluding carboxylic acids is 2. The third-order valence-corrected chi connectivity index (χ3v) is 9.40. The fraction of sp³-hybridized carbons (Fsp3) is 0.500. The van der Waals surface area contributed by atoms with Gasteiger partial charge in [-0.15, -0.1) is 11.3 Å². The third-order valence-electron chi connectivity index (χ3n) is 6.46. The molecule has 0 aromatic carbocycles. The fourth-order valence-corrected chi connectivity index (χ4v) is 7.52. The summed E-state index contributed by atoms with van der Waals surface area (Å²) in [6, 6.07) is 3.09. The van der Waals surface area contributed by atoms with E-state index in [9.17, 15) is 18.0 Å². The summed E-state index contributed by atoms with van der Waals surface area (Å²) in [5.41, 5.74) is 1.60. The van der Waals surface area contributed by atoms with Crippen molar-refractivity contribution in [2.75, 3.05) is 16.8 Å². The van der Waals surface area contributed by atoms with Gasteiger partial charge in [0, 0.05) is 17.0 Å². The second kappa shape index (κ2) is 9.10. The SMILES string of the molecule is CC(C)(C)C1CCc2c(sc(NC(=O)/C=C/c3ccco3)c2C(=O)NC2CCS(=O)(=O)C2)C1. The van der Waals surface area contributed by atoms with Crippen molar-refractivity contribution in [1.29, 1.82) is 0 Å². The standard InChI is InChI=1S/C24H30N2O5S2/c1-24(2,3)15-6-8-18-19(13-15)32-23(26-20(27)9-7-17-5-4-11-31-17)21(18)22(28)25-16-10-12-33(29,30)14-16/h4-5,7,9,11,15-16H,6,8,10,12-14H2,1-3H3,(H,25,28)(H,26,27)/b9-7+. The van der Waals surface area contributed by atoms with Crippen LogP contribution < -0.4 is 10.6 Å². The molecular weight excluding hydrogens is 460 g/mol. The van der Waals surface area contributed by atoms with Crippen molar-refractivity contribution in [2.24, 2.45) is 11.3 Å². The predicted octanol–water partition coefficient (Wildman–Crippen LogP) is 4.06. The maximum Gasteiger partial charge on any atom is 0.254 e. The number of furan rings is 1. The highest BCUT2D eigenvalue weighted by Gasteiger charge is 2.35. The van der Waals surface area contributed by atoms with Gasteiger partial charge in [-0.3, -0.25) is 9.59 Å². The van der Waals surface area contributed by atoms with Crippen LogP contribution in [0, 0.1) is 11.3 Å². The van der Waals surface area contributed by atoms with Gasteiger partial charge in [-0.25, -0.2) is 8.42 Å². The first kappa shape index (κ1) is 23.8. The van der Waals surface area contributed by atoms with Crippen molar-refractivity contribution in [2.45, 2.75) is 52.5 Å². The highest BCUT2D eigenvalue weighted by molar-refractivity contribution is 7.91. The van der Waals surface area contributed by atoms with E-state index in [1.807, 2.05) is 0 Å². The molecule has 7 nitrogen and oxygen atoms in total. The summed E-state index contributed by atoms with van der Waals surface area (Å²) in [4.78, 5) is 27.0. The highest BCUT2D eigenvalue weighted by atomic mass is 32.2. The number of carbonyl (C=O) groups is 2. The minimum absolute atomic E-state index is 0.0370. The maximum atomic E-state index is 13.3. The molecule has 2 atom stereocenters. The minimum Gasteiger partial charge on any atom is -0.465 e. The van der Waals surface area contributed by atoms with Crippen molar-refractivity contribution in [1.82, 2.24) is 5.32 Å². The van der Waals surface area contributed by atoms with Crippen LogP contribution >= 0.6 is 11.3 Å². The van der Waals surface area contributed by atoms with Gasteiger partial charge in [0.15, 0.2) is 9.84 Å². The summed E-state index contributed by atoms with van der Waals surface area (Å²) in [7, 11) is -3.11. The molecule has 0 saturated carbocycles. The molecule has 2 N–H and O–H groups in total. The Morgan fingerprint density at radius 1 is 1.24 bits per heavy atom. The Balaban J connectivity index is 1.59. The number of hydrogen-bond donors (Lipinski definition) is 2. The number of rotatable bonds is 5. The van der Waals surface area contributed by atoms with Gasteiger partial charge in [0.1, 0.15) is 10.8 Å². The summed E-state index contributed by atoms with van der Waals surface area (Å²) in [5.74, 6) is 0.439. The van der Waals surface area contributed by atoms with E-state index < -0.39 is 15.9 Å². The first-order chi connectivity index (χ1) is 15.5. The highest BCUT2D eigenvalue weighted by Crippen LogP contribution is 2.44. The molecule has 0 bridgehead atoms. The zero-order valence-electron chi connectivity index (χ0n) is 19.1. The molecule has 33 heavy (non-hydrogen) atoms. The normalized spacial score (nSPS) is 22.3. The van der Waals surface area contributed by atoms with Gasteiger partial charge in [0.2, 0.25) is 5.91 Å². The predicted molar refractivity (Wildman–Crippen MR) is 130 cm³/mol. The van der Waals surface area contributed by atoms with Crippen molar-refractivity contribution in [3.05, 3.63) is 46.2 Å². The van der Waals surface area contributed by atoms with Gasteiger partial charge in [0.05, 0.1) is 23.3 Å². The lowest BCUT2D eigenvalue weighted by Crippen LogP contribution is -2.36. The molecule has 2 aromatic heterocycles. The average molecular weight is 491 g/mol. The molecule has 178 valence electrons. The van der Waals surface area contributed by atoms with Gasteiger partial charge in [-0.05, 0) is 60.8 Å². The minimum atomic E-state index is -3.11. The lowest BCUT2D eigenvalue weighted by Gasteiger charge is -2.33. The van der Waals surface area contributed by atoms with E-state index in [1.165, 1.54) is 23.7 Å². The zero-order valence-corrected chi connectivity index (χ0v) is 20.8. The Hall–Kier alpha value is -2.39. The quantitative estimate of drug-likeness (QED) is 0.615. The molecule has 0 spiro atoms.